The van der Waals surface area contributed by atoms with E-state index in [0.717, 1.165) is 11.1 Å². The first-order valence-corrected chi connectivity index (χ1v) is 9.08. The monoisotopic (exact) mass is 383 g/mol. The van der Waals surface area contributed by atoms with Crippen LogP contribution in [-0.4, -0.2) is 27.8 Å². The van der Waals surface area contributed by atoms with Gasteiger partial charge in [0.2, 0.25) is 0 Å². The summed E-state index contributed by atoms with van der Waals surface area (Å²) in [7, 11) is 0. The van der Waals surface area contributed by atoms with Gasteiger partial charge in [-0.3, -0.25) is 0 Å². The summed E-state index contributed by atoms with van der Waals surface area (Å²) in [6.07, 6.45) is 1.82. The van der Waals surface area contributed by atoms with Crippen LogP contribution in [0.5, 0.6) is 5.75 Å². The van der Waals surface area contributed by atoms with Crippen molar-refractivity contribution in [3.63, 3.8) is 0 Å². The van der Waals surface area contributed by atoms with E-state index in [0.29, 0.717) is 30.0 Å². The Labute approximate surface area is 164 Å². The van der Waals surface area contributed by atoms with E-state index in [9.17, 15) is 9.90 Å². The molecule has 27 heavy (non-hydrogen) atoms. The number of nitrogens with zero attached hydrogens (tertiary/aromatic N) is 1. The Balaban J connectivity index is 1.83. The number of pyridine rings is 1. The topological polar surface area (TPSA) is 68.7 Å². The Bertz CT molecular complexity index is 923. The summed E-state index contributed by atoms with van der Waals surface area (Å²) in [4.78, 5) is 15.8. The van der Waals surface area contributed by atoms with Gasteiger partial charge in [-0.15, -0.1) is 12.6 Å². The summed E-state index contributed by atoms with van der Waals surface area (Å²) in [5.74, 6) is 6.27. The van der Waals surface area contributed by atoms with Crippen LogP contribution < -0.4 is 4.74 Å². The van der Waals surface area contributed by atoms with E-state index in [2.05, 4.69) is 29.5 Å². The molecule has 0 aliphatic carbocycles. The minimum atomic E-state index is -1.48. The van der Waals surface area contributed by atoms with E-state index in [1.807, 2.05) is 26.0 Å². The van der Waals surface area contributed by atoms with Crippen molar-refractivity contribution in [1.82, 2.24) is 4.98 Å². The summed E-state index contributed by atoms with van der Waals surface area (Å²) in [6, 6.07) is 8.90. The molecule has 0 bridgehead atoms. The summed E-state index contributed by atoms with van der Waals surface area (Å²) in [6.45, 7) is 6.14. The molecule has 3 rings (SSSR count). The van der Waals surface area contributed by atoms with Gasteiger partial charge < -0.3 is 14.6 Å². The van der Waals surface area contributed by atoms with Crippen molar-refractivity contribution < 1.29 is 19.4 Å². The molecule has 0 radical (unpaired) electrons. The fourth-order valence-corrected chi connectivity index (χ4v) is 3.54. The Morgan fingerprint density at radius 1 is 1.33 bits per heavy atom. The molecule has 1 aromatic heterocycles. The molecule has 6 heteroatoms. The molecule has 0 amide bonds. The first-order valence-electron chi connectivity index (χ1n) is 8.64. The number of hydrogen-bond donors (Lipinski definition) is 2. The normalized spacial score (nSPS) is 19.9. The number of rotatable bonds is 2. The third-order valence-electron chi connectivity index (χ3n) is 4.26. The number of carbonyl (C=O) groups is 1. The van der Waals surface area contributed by atoms with Gasteiger partial charge in [0.15, 0.2) is 0 Å². The van der Waals surface area contributed by atoms with Crippen LogP contribution in [0.15, 0.2) is 36.5 Å². The van der Waals surface area contributed by atoms with Gasteiger partial charge in [-0.25, -0.2) is 9.78 Å². The van der Waals surface area contributed by atoms with Gasteiger partial charge in [-0.2, -0.15) is 0 Å². The lowest BCUT2D eigenvalue weighted by molar-refractivity contribution is -0.0817. The van der Waals surface area contributed by atoms with E-state index in [1.54, 1.807) is 25.1 Å². The largest absolute Gasteiger partial charge is 0.462 e. The van der Waals surface area contributed by atoms with Crippen molar-refractivity contribution in [3.05, 3.63) is 58.9 Å². The van der Waals surface area contributed by atoms with Gasteiger partial charge in [0.1, 0.15) is 11.4 Å². The molecule has 2 heterocycles. The third-order valence-corrected chi connectivity index (χ3v) is 4.51. The minimum Gasteiger partial charge on any atom is -0.462 e. The van der Waals surface area contributed by atoms with Crippen molar-refractivity contribution in [2.24, 2.45) is 0 Å². The molecule has 1 unspecified atom stereocenters. The zero-order valence-corrected chi connectivity index (χ0v) is 16.3. The lowest BCUT2D eigenvalue weighted by Gasteiger charge is -2.40. The van der Waals surface area contributed by atoms with Crippen molar-refractivity contribution >= 4 is 18.6 Å². The van der Waals surface area contributed by atoms with Gasteiger partial charge in [-0.05, 0) is 43.2 Å². The lowest BCUT2D eigenvalue weighted by Crippen LogP contribution is -2.41. The number of ether oxygens (including phenoxy) is 2. The molecule has 0 fully saturated rings. The number of fused-ring (bicyclic) bond motifs is 1. The van der Waals surface area contributed by atoms with Crippen LogP contribution in [0, 0.1) is 11.8 Å². The lowest BCUT2D eigenvalue weighted by atomic mass is 9.78. The Morgan fingerprint density at radius 3 is 2.78 bits per heavy atom. The molecule has 0 saturated carbocycles. The van der Waals surface area contributed by atoms with Crippen molar-refractivity contribution in [1.29, 1.82) is 0 Å². The van der Waals surface area contributed by atoms with Crippen LogP contribution in [0.4, 0.5) is 0 Å². The zero-order chi connectivity index (χ0) is 19.7. The number of carbonyl (C=O) groups excluding carboxylic acids is 1. The Morgan fingerprint density at radius 2 is 2.11 bits per heavy atom. The molecule has 140 valence electrons. The molecule has 5 nitrogen and oxygen atoms in total. The molecule has 0 spiro atoms. The van der Waals surface area contributed by atoms with E-state index in [4.69, 9.17) is 9.47 Å². The molecule has 1 aliphatic heterocycles. The molecule has 1 aliphatic rings. The van der Waals surface area contributed by atoms with Gasteiger partial charge in [-0.1, -0.05) is 19.8 Å². The fraction of sp³-hybridized carbons (Fsp3) is 0.333. The highest BCUT2D eigenvalue weighted by Gasteiger charge is 2.41. The number of hydrogen-bond acceptors (Lipinski definition) is 6. The summed E-state index contributed by atoms with van der Waals surface area (Å²) < 4.78 is 10.5. The molecule has 2 aromatic rings. The molecule has 0 saturated heterocycles. The van der Waals surface area contributed by atoms with Crippen LogP contribution in [0.25, 0.3) is 0 Å². The highest BCUT2D eigenvalue weighted by atomic mass is 32.1. The number of thiol groups is 1. The fourth-order valence-electron chi connectivity index (χ4n) is 3.05. The summed E-state index contributed by atoms with van der Waals surface area (Å²) >= 11 is 4.17. The van der Waals surface area contributed by atoms with E-state index < -0.39 is 11.1 Å². The van der Waals surface area contributed by atoms with Crippen LogP contribution in [0.3, 0.4) is 0 Å². The Hall–Kier alpha value is -2.49. The highest BCUT2D eigenvalue weighted by molar-refractivity contribution is 7.81. The maximum atomic E-state index is 11.6. The smallest absolute Gasteiger partial charge is 0.339 e. The first-order chi connectivity index (χ1) is 12.7. The predicted octanol–water partition coefficient (Wildman–Crippen LogP) is 3.29. The van der Waals surface area contributed by atoms with E-state index in [1.165, 1.54) is 6.20 Å². The number of aromatic nitrogens is 1. The van der Waals surface area contributed by atoms with Gasteiger partial charge in [0.25, 0.3) is 5.12 Å². The third kappa shape index (κ3) is 4.44. The summed E-state index contributed by atoms with van der Waals surface area (Å²) in [5.41, 5.74) is 2.43. The van der Waals surface area contributed by atoms with Crippen LogP contribution in [-0.2, 0) is 10.2 Å². The number of benzene rings is 1. The maximum Gasteiger partial charge on any atom is 0.339 e. The molecular formula is C21H21NO4S. The van der Waals surface area contributed by atoms with Crippen molar-refractivity contribution in [2.75, 3.05) is 6.61 Å². The average molecular weight is 383 g/mol. The van der Waals surface area contributed by atoms with Gasteiger partial charge in [0.05, 0.1) is 12.2 Å². The number of esters is 1. The van der Waals surface area contributed by atoms with E-state index in [-0.39, 0.29) is 5.41 Å². The van der Waals surface area contributed by atoms with Crippen LogP contribution in [0.2, 0.25) is 0 Å². The van der Waals surface area contributed by atoms with Crippen molar-refractivity contribution in [2.45, 2.75) is 37.7 Å². The molecule has 1 aromatic carbocycles. The molecule has 1 N–H and O–H groups in total. The van der Waals surface area contributed by atoms with Crippen LogP contribution in [0.1, 0.15) is 54.4 Å². The zero-order valence-electron chi connectivity index (χ0n) is 15.4. The first kappa shape index (κ1) is 19.3. The molecular weight excluding hydrogens is 362 g/mol. The predicted molar refractivity (Wildman–Crippen MR) is 105 cm³/mol. The second-order valence-electron chi connectivity index (χ2n) is 7.02. The quantitative estimate of drug-likeness (QED) is 0.360. The van der Waals surface area contributed by atoms with Gasteiger partial charge in [0, 0.05) is 29.2 Å². The maximum absolute atomic E-state index is 11.6. The standard InChI is InChI=1S/C21H21NO4S/c1-4-25-19(23)15-7-9-16(22-12-15)8-5-14-6-10-18-17(11-14)20(2,3)13-21(24,27)26-18/h6-7,9-12,24,27H,4,13H2,1-3H3. The molecule has 1 atom stereocenters. The van der Waals surface area contributed by atoms with Crippen molar-refractivity contribution in [3.8, 4) is 17.6 Å². The highest BCUT2D eigenvalue weighted by Crippen LogP contribution is 2.45. The van der Waals surface area contributed by atoms with Crippen LogP contribution >= 0.6 is 12.6 Å². The Kier molecular flexibility index (Phi) is 5.18. The number of aliphatic hydroxyl groups is 1. The average Bonchev–Trinajstić information content (AvgIpc) is 2.59. The SMILES string of the molecule is CCOC(=O)c1ccc(C#Cc2ccc3c(c2)C(C)(C)CC(O)(S)O3)nc1. The second-order valence-corrected chi connectivity index (χ2v) is 7.72. The second kappa shape index (κ2) is 7.26. The summed E-state index contributed by atoms with van der Waals surface area (Å²) in [5, 5.41) is 8.67. The van der Waals surface area contributed by atoms with Gasteiger partial charge >= 0.3 is 5.97 Å². The minimum absolute atomic E-state index is 0.304. The van der Waals surface area contributed by atoms with E-state index >= 15 is 0 Å².